The van der Waals surface area contributed by atoms with Gasteiger partial charge in [0.2, 0.25) is 0 Å². The first-order valence-corrected chi connectivity index (χ1v) is 10.3. The Kier molecular flexibility index (Phi) is 5.81. The van der Waals surface area contributed by atoms with Crippen LogP contribution in [0.3, 0.4) is 0 Å². The van der Waals surface area contributed by atoms with Crippen molar-refractivity contribution in [1.82, 2.24) is 0 Å². The van der Waals surface area contributed by atoms with Crippen LogP contribution in [0.2, 0.25) is 0 Å². The predicted octanol–water partition coefficient (Wildman–Crippen LogP) is 4.43. The van der Waals surface area contributed by atoms with Crippen molar-refractivity contribution in [3.8, 4) is 5.75 Å². The minimum atomic E-state index is -0.435. The molecule has 2 aromatic heterocycles. The quantitative estimate of drug-likeness (QED) is 0.438. The van der Waals surface area contributed by atoms with E-state index in [-0.39, 0.29) is 18.4 Å². The summed E-state index contributed by atoms with van der Waals surface area (Å²) in [5.74, 6) is -0.106. The molecular weight excluding hydrogens is 416 g/mol. The van der Waals surface area contributed by atoms with E-state index >= 15 is 0 Å². The molecule has 0 bridgehead atoms. The maximum absolute atomic E-state index is 12.2. The summed E-state index contributed by atoms with van der Waals surface area (Å²) in [6.07, 6.45) is 0. The van der Waals surface area contributed by atoms with E-state index in [1.807, 2.05) is 18.4 Å². The monoisotopic (exact) mass is 434 g/mol. The standard InChI is InChI=1S/C23H18N2O5S/c1-14-11-22(27)30-19-12-17(8-9-18(14)19)29-13-21(26)24-15-4-6-16(7-5-15)25-23(28)20-3-2-10-31-20/h2-12H,13H2,1H3,(H,24,26)(H,25,28). The van der Waals surface area contributed by atoms with Crippen LogP contribution in [0.1, 0.15) is 15.2 Å². The van der Waals surface area contributed by atoms with Crippen molar-refractivity contribution in [2.45, 2.75) is 6.92 Å². The maximum Gasteiger partial charge on any atom is 0.336 e. The number of carbonyl (C=O) groups excluding carboxylic acids is 2. The first kappa shape index (κ1) is 20.4. The van der Waals surface area contributed by atoms with Gasteiger partial charge >= 0.3 is 5.63 Å². The summed E-state index contributed by atoms with van der Waals surface area (Å²) in [5.41, 5.74) is 1.98. The molecule has 0 radical (unpaired) electrons. The van der Waals surface area contributed by atoms with Crippen LogP contribution in [0.15, 0.2) is 75.3 Å². The van der Waals surface area contributed by atoms with Gasteiger partial charge in [0, 0.05) is 28.9 Å². The molecule has 156 valence electrons. The molecule has 31 heavy (non-hydrogen) atoms. The molecule has 4 rings (SSSR count). The molecule has 8 heteroatoms. The average molecular weight is 434 g/mol. The molecule has 0 aliphatic rings. The van der Waals surface area contributed by atoms with E-state index in [4.69, 9.17) is 9.15 Å². The van der Waals surface area contributed by atoms with Gasteiger partial charge in [-0.3, -0.25) is 9.59 Å². The van der Waals surface area contributed by atoms with Gasteiger partial charge < -0.3 is 19.8 Å². The molecule has 0 aliphatic heterocycles. The van der Waals surface area contributed by atoms with Crippen molar-refractivity contribution in [2.75, 3.05) is 17.2 Å². The van der Waals surface area contributed by atoms with Crippen LogP contribution < -0.4 is 21.0 Å². The second-order valence-corrected chi connectivity index (χ2v) is 7.70. The first-order valence-electron chi connectivity index (χ1n) is 9.40. The molecule has 2 amide bonds. The third-order valence-corrected chi connectivity index (χ3v) is 5.33. The van der Waals surface area contributed by atoms with Gasteiger partial charge in [0.15, 0.2) is 6.61 Å². The van der Waals surface area contributed by atoms with Gasteiger partial charge in [-0.05, 0) is 60.3 Å². The Hall–Kier alpha value is -3.91. The average Bonchev–Trinajstić information content (AvgIpc) is 3.28. The van der Waals surface area contributed by atoms with Crippen molar-refractivity contribution >= 4 is 45.5 Å². The topological polar surface area (TPSA) is 97.6 Å². The van der Waals surface area contributed by atoms with Crippen molar-refractivity contribution in [1.29, 1.82) is 0 Å². The van der Waals surface area contributed by atoms with Crippen LogP contribution in [0, 0.1) is 6.92 Å². The third-order valence-electron chi connectivity index (χ3n) is 4.46. The highest BCUT2D eigenvalue weighted by Crippen LogP contribution is 2.22. The number of hydrogen-bond acceptors (Lipinski definition) is 6. The second-order valence-electron chi connectivity index (χ2n) is 6.75. The predicted molar refractivity (Wildman–Crippen MR) is 120 cm³/mol. The molecule has 7 nitrogen and oxygen atoms in total. The molecule has 2 aromatic carbocycles. The summed E-state index contributed by atoms with van der Waals surface area (Å²) in [5, 5.41) is 8.17. The Bertz CT molecular complexity index is 1290. The number of anilines is 2. The van der Waals surface area contributed by atoms with E-state index in [0.717, 1.165) is 10.9 Å². The summed E-state index contributed by atoms with van der Waals surface area (Å²) in [6, 6.07) is 16.9. The van der Waals surface area contributed by atoms with Gasteiger partial charge in [0.25, 0.3) is 11.8 Å². The zero-order valence-corrected chi connectivity index (χ0v) is 17.3. The number of carbonyl (C=O) groups is 2. The summed E-state index contributed by atoms with van der Waals surface area (Å²) in [7, 11) is 0. The lowest BCUT2D eigenvalue weighted by Gasteiger charge is -2.09. The highest BCUT2D eigenvalue weighted by Gasteiger charge is 2.09. The van der Waals surface area contributed by atoms with Gasteiger partial charge in [-0.15, -0.1) is 11.3 Å². The second kappa shape index (κ2) is 8.85. The number of ether oxygens (including phenoxy) is 1. The zero-order valence-electron chi connectivity index (χ0n) is 16.5. The van der Waals surface area contributed by atoms with Crippen molar-refractivity contribution in [2.24, 2.45) is 0 Å². The number of thiophene rings is 1. The molecule has 0 saturated heterocycles. The van der Waals surface area contributed by atoms with Gasteiger partial charge in [-0.25, -0.2) is 4.79 Å². The van der Waals surface area contributed by atoms with E-state index in [9.17, 15) is 14.4 Å². The molecule has 2 N–H and O–H groups in total. The molecule has 4 aromatic rings. The van der Waals surface area contributed by atoms with Crippen LogP contribution in [-0.2, 0) is 4.79 Å². The minimum Gasteiger partial charge on any atom is -0.484 e. The molecule has 0 atom stereocenters. The number of hydrogen-bond donors (Lipinski definition) is 2. The Morgan fingerprint density at radius 1 is 1.00 bits per heavy atom. The summed E-state index contributed by atoms with van der Waals surface area (Å²) < 4.78 is 10.7. The Labute approximate surface area is 181 Å². The molecule has 0 spiro atoms. The van der Waals surface area contributed by atoms with Crippen molar-refractivity contribution in [3.63, 3.8) is 0 Å². The molecular formula is C23H18N2O5S. The van der Waals surface area contributed by atoms with Gasteiger partial charge in [-0.2, -0.15) is 0 Å². The fraction of sp³-hybridized carbons (Fsp3) is 0.0870. The van der Waals surface area contributed by atoms with Crippen molar-refractivity contribution < 1.29 is 18.7 Å². The fourth-order valence-electron chi connectivity index (χ4n) is 2.98. The van der Waals surface area contributed by atoms with Crippen molar-refractivity contribution in [3.05, 3.63) is 86.9 Å². The third kappa shape index (κ3) is 4.99. The molecule has 0 unspecified atom stereocenters. The summed E-state index contributed by atoms with van der Waals surface area (Å²) in [6.45, 7) is 1.62. The Balaban J connectivity index is 1.33. The number of amides is 2. The van der Waals surface area contributed by atoms with Crippen LogP contribution in [0.25, 0.3) is 11.0 Å². The highest BCUT2D eigenvalue weighted by atomic mass is 32.1. The van der Waals surface area contributed by atoms with Gasteiger partial charge in [-0.1, -0.05) is 6.07 Å². The largest absolute Gasteiger partial charge is 0.484 e. The molecule has 2 heterocycles. The van der Waals surface area contributed by atoms with Gasteiger partial charge in [0.1, 0.15) is 11.3 Å². The van der Waals surface area contributed by atoms with E-state index in [2.05, 4.69) is 10.6 Å². The normalized spacial score (nSPS) is 10.6. The lowest BCUT2D eigenvalue weighted by molar-refractivity contribution is -0.118. The van der Waals surface area contributed by atoms with E-state index in [1.165, 1.54) is 17.4 Å². The van der Waals surface area contributed by atoms with Crippen LogP contribution in [0.5, 0.6) is 5.75 Å². The lowest BCUT2D eigenvalue weighted by atomic mass is 10.1. The number of rotatable bonds is 6. The summed E-state index contributed by atoms with van der Waals surface area (Å²) in [4.78, 5) is 36.4. The number of benzene rings is 2. The van der Waals surface area contributed by atoms with Crippen LogP contribution in [-0.4, -0.2) is 18.4 Å². The highest BCUT2D eigenvalue weighted by molar-refractivity contribution is 7.12. The van der Waals surface area contributed by atoms with Crippen LogP contribution in [0.4, 0.5) is 11.4 Å². The molecule has 0 fully saturated rings. The SMILES string of the molecule is Cc1cc(=O)oc2cc(OCC(=O)Nc3ccc(NC(=O)c4cccs4)cc3)ccc12. The van der Waals surface area contributed by atoms with Gasteiger partial charge in [0.05, 0.1) is 4.88 Å². The lowest BCUT2D eigenvalue weighted by Crippen LogP contribution is -2.20. The number of nitrogens with one attached hydrogen (secondary N) is 2. The molecule has 0 saturated carbocycles. The minimum absolute atomic E-state index is 0.179. The van der Waals surface area contributed by atoms with Crippen LogP contribution >= 0.6 is 11.3 Å². The maximum atomic E-state index is 12.2. The van der Waals surface area contributed by atoms with E-state index in [1.54, 1.807) is 48.5 Å². The first-order chi connectivity index (χ1) is 15.0. The summed E-state index contributed by atoms with van der Waals surface area (Å²) >= 11 is 1.36. The number of aryl methyl sites for hydroxylation is 1. The smallest absolute Gasteiger partial charge is 0.336 e. The Morgan fingerprint density at radius 3 is 2.45 bits per heavy atom. The Morgan fingerprint density at radius 2 is 1.74 bits per heavy atom. The fourth-order valence-corrected chi connectivity index (χ4v) is 3.60. The number of fused-ring (bicyclic) bond motifs is 1. The van der Waals surface area contributed by atoms with E-state index in [0.29, 0.717) is 27.6 Å². The molecule has 0 aliphatic carbocycles. The zero-order chi connectivity index (χ0) is 21.8. The van der Waals surface area contributed by atoms with E-state index < -0.39 is 5.63 Å².